The van der Waals surface area contributed by atoms with Gasteiger partial charge in [0.2, 0.25) is 0 Å². The van der Waals surface area contributed by atoms with E-state index in [-0.39, 0.29) is 5.63 Å². The maximum absolute atomic E-state index is 11.2. The number of fused-ring (bicyclic) bond motifs is 1. The average molecular weight is 228 g/mol. The van der Waals surface area contributed by atoms with Crippen LogP contribution in [0.4, 0.5) is 0 Å². The Morgan fingerprint density at radius 3 is 2.94 bits per heavy atom. The molecule has 2 rings (SSSR count). The van der Waals surface area contributed by atoms with E-state index in [9.17, 15) is 4.79 Å². The number of hydrogen-bond donors (Lipinski definition) is 0. The third-order valence-electron chi connectivity index (χ3n) is 2.41. The van der Waals surface area contributed by atoms with E-state index in [0.29, 0.717) is 17.9 Å². The fourth-order valence-electron chi connectivity index (χ4n) is 1.59. The summed E-state index contributed by atoms with van der Waals surface area (Å²) in [5, 5.41) is 0.915. The number of rotatable bonds is 2. The quantitative estimate of drug-likeness (QED) is 0.585. The molecule has 2 aromatic rings. The minimum absolute atomic E-state index is 0.331. The zero-order chi connectivity index (χ0) is 12.3. The predicted octanol–water partition coefficient (Wildman–Crippen LogP) is 2.50. The Morgan fingerprint density at radius 2 is 2.18 bits per heavy atom. The molecule has 17 heavy (non-hydrogen) atoms. The topological polar surface area (TPSA) is 39.4 Å². The largest absolute Gasteiger partial charge is 0.481 e. The van der Waals surface area contributed by atoms with Gasteiger partial charge in [-0.25, -0.2) is 4.79 Å². The lowest BCUT2D eigenvalue weighted by Gasteiger charge is -2.04. The molecule has 0 aliphatic heterocycles. The molecule has 0 bridgehead atoms. The molecule has 0 saturated heterocycles. The van der Waals surface area contributed by atoms with Crippen molar-refractivity contribution >= 4 is 11.0 Å². The molecule has 86 valence electrons. The summed E-state index contributed by atoms with van der Waals surface area (Å²) in [4.78, 5) is 11.2. The summed E-state index contributed by atoms with van der Waals surface area (Å²) in [7, 11) is 0. The smallest absolute Gasteiger partial charge is 0.336 e. The molecule has 1 heterocycles. The van der Waals surface area contributed by atoms with Crippen LogP contribution >= 0.6 is 0 Å². The summed E-state index contributed by atoms with van der Waals surface area (Å²) in [5.41, 5.74) is 1.09. The molecule has 0 spiro atoms. The second-order valence-corrected chi connectivity index (χ2v) is 3.62. The normalized spacial score (nSPS) is 9.76. The fraction of sp³-hybridized carbons (Fsp3) is 0.214. The Kier molecular flexibility index (Phi) is 3.15. The van der Waals surface area contributed by atoms with Gasteiger partial charge in [-0.1, -0.05) is 5.92 Å². The van der Waals surface area contributed by atoms with Crippen LogP contribution in [0.1, 0.15) is 12.5 Å². The molecule has 0 N–H and O–H groups in total. The molecule has 3 nitrogen and oxygen atoms in total. The first-order chi connectivity index (χ1) is 8.20. The van der Waals surface area contributed by atoms with Gasteiger partial charge in [-0.2, -0.15) is 0 Å². The van der Waals surface area contributed by atoms with Crippen LogP contribution in [0.5, 0.6) is 5.75 Å². The molecule has 0 aliphatic rings. The van der Waals surface area contributed by atoms with Crippen molar-refractivity contribution < 1.29 is 9.15 Å². The first-order valence-electron chi connectivity index (χ1n) is 5.27. The molecular formula is C14H12O3. The number of benzene rings is 1. The van der Waals surface area contributed by atoms with Crippen molar-refractivity contribution in [3.63, 3.8) is 0 Å². The van der Waals surface area contributed by atoms with Crippen LogP contribution in [0.25, 0.3) is 11.0 Å². The molecule has 0 unspecified atom stereocenters. The highest BCUT2D eigenvalue weighted by Gasteiger charge is 2.03. The Hall–Kier alpha value is -2.21. The van der Waals surface area contributed by atoms with Crippen molar-refractivity contribution in [3.8, 4) is 17.6 Å². The standard InChI is InChI=1S/C14H12O3/c1-3-4-7-16-11-5-6-12-10(2)8-14(15)17-13(12)9-11/h5-6,8-9H,7H2,1-2H3. The van der Waals surface area contributed by atoms with E-state index in [0.717, 1.165) is 10.9 Å². The van der Waals surface area contributed by atoms with Gasteiger partial charge in [-0.15, -0.1) is 5.92 Å². The SMILES string of the molecule is CC#CCOc1ccc2c(C)cc(=O)oc2c1. The summed E-state index contributed by atoms with van der Waals surface area (Å²) in [6.45, 7) is 3.96. The number of ether oxygens (including phenoxy) is 1. The van der Waals surface area contributed by atoms with Crippen LogP contribution in [0, 0.1) is 18.8 Å². The molecule has 0 amide bonds. The molecule has 1 aromatic heterocycles. The second-order valence-electron chi connectivity index (χ2n) is 3.62. The highest BCUT2D eigenvalue weighted by atomic mass is 16.5. The van der Waals surface area contributed by atoms with Crippen molar-refractivity contribution in [2.45, 2.75) is 13.8 Å². The Bertz CT molecular complexity index is 656. The molecule has 0 fully saturated rings. The lowest BCUT2D eigenvalue weighted by Crippen LogP contribution is -1.99. The van der Waals surface area contributed by atoms with Crippen molar-refractivity contribution in [2.75, 3.05) is 6.61 Å². The summed E-state index contributed by atoms with van der Waals surface area (Å²) in [6.07, 6.45) is 0. The third-order valence-corrected chi connectivity index (χ3v) is 2.41. The Labute approximate surface area is 99.0 Å². The van der Waals surface area contributed by atoms with E-state index in [4.69, 9.17) is 9.15 Å². The highest BCUT2D eigenvalue weighted by Crippen LogP contribution is 2.21. The molecule has 0 atom stereocenters. The fourth-order valence-corrected chi connectivity index (χ4v) is 1.59. The van der Waals surface area contributed by atoms with Crippen molar-refractivity contribution in [1.82, 2.24) is 0 Å². The molecule has 1 aromatic carbocycles. The highest BCUT2D eigenvalue weighted by molar-refractivity contribution is 5.81. The summed E-state index contributed by atoms with van der Waals surface area (Å²) >= 11 is 0. The van der Waals surface area contributed by atoms with E-state index in [2.05, 4.69) is 11.8 Å². The maximum atomic E-state index is 11.2. The summed E-state index contributed by atoms with van der Waals surface area (Å²) in [5.74, 6) is 6.20. The molecular weight excluding hydrogens is 216 g/mol. The van der Waals surface area contributed by atoms with Gasteiger partial charge in [0.15, 0.2) is 0 Å². The second kappa shape index (κ2) is 4.75. The van der Waals surface area contributed by atoms with Crippen molar-refractivity contribution in [3.05, 3.63) is 40.2 Å². The molecule has 0 aliphatic carbocycles. The first kappa shape index (κ1) is 11.3. The first-order valence-corrected chi connectivity index (χ1v) is 5.27. The van der Waals surface area contributed by atoms with Crippen molar-refractivity contribution in [2.24, 2.45) is 0 Å². The number of aryl methyl sites for hydroxylation is 1. The lowest BCUT2D eigenvalue weighted by molar-refractivity contribution is 0.370. The summed E-state index contributed by atoms with van der Waals surface area (Å²) in [6, 6.07) is 6.90. The van der Waals surface area contributed by atoms with E-state index in [1.54, 1.807) is 13.0 Å². The van der Waals surface area contributed by atoms with Gasteiger partial charge in [-0.3, -0.25) is 0 Å². The van der Waals surface area contributed by atoms with Gasteiger partial charge in [-0.05, 0) is 31.5 Å². The zero-order valence-electron chi connectivity index (χ0n) is 9.74. The van der Waals surface area contributed by atoms with Gasteiger partial charge in [0.25, 0.3) is 0 Å². The average Bonchev–Trinajstić information content (AvgIpc) is 2.28. The van der Waals surface area contributed by atoms with Gasteiger partial charge >= 0.3 is 5.63 Å². The third kappa shape index (κ3) is 2.48. The monoisotopic (exact) mass is 228 g/mol. The van der Waals surface area contributed by atoms with Gasteiger partial charge in [0.1, 0.15) is 17.9 Å². The van der Waals surface area contributed by atoms with Crippen LogP contribution < -0.4 is 10.4 Å². The minimum atomic E-state index is -0.347. The van der Waals surface area contributed by atoms with E-state index in [1.807, 2.05) is 19.1 Å². The summed E-state index contributed by atoms with van der Waals surface area (Å²) < 4.78 is 10.5. The van der Waals surface area contributed by atoms with Crippen LogP contribution in [0.15, 0.2) is 33.5 Å². The van der Waals surface area contributed by atoms with Crippen molar-refractivity contribution in [1.29, 1.82) is 0 Å². The van der Waals surface area contributed by atoms with Gasteiger partial charge < -0.3 is 9.15 Å². The van der Waals surface area contributed by atoms with E-state index < -0.39 is 0 Å². The van der Waals surface area contributed by atoms with Gasteiger partial charge in [0.05, 0.1) is 0 Å². The number of hydrogen-bond acceptors (Lipinski definition) is 3. The zero-order valence-corrected chi connectivity index (χ0v) is 9.74. The van der Waals surface area contributed by atoms with Crippen LogP contribution in [0.3, 0.4) is 0 Å². The minimum Gasteiger partial charge on any atom is -0.481 e. The Balaban J connectivity index is 2.42. The van der Waals surface area contributed by atoms with Crippen LogP contribution in [-0.2, 0) is 0 Å². The van der Waals surface area contributed by atoms with Crippen LogP contribution in [0.2, 0.25) is 0 Å². The lowest BCUT2D eigenvalue weighted by atomic mass is 10.1. The van der Waals surface area contributed by atoms with Crippen LogP contribution in [-0.4, -0.2) is 6.61 Å². The predicted molar refractivity (Wildman–Crippen MR) is 66.2 cm³/mol. The van der Waals surface area contributed by atoms with E-state index >= 15 is 0 Å². The molecule has 0 saturated carbocycles. The maximum Gasteiger partial charge on any atom is 0.336 e. The van der Waals surface area contributed by atoms with Gasteiger partial charge in [0, 0.05) is 17.5 Å². The van der Waals surface area contributed by atoms with E-state index in [1.165, 1.54) is 6.07 Å². The molecule has 3 heteroatoms. The Morgan fingerprint density at radius 1 is 1.35 bits per heavy atom. The molecule has 0 radical (unpaired) electrons.